The number of piperidine rings is 1. The number of amides is 3. The smallest absolute Gasteiger partial charge is 0.352 e. The topological polar surface area (TPSA) is 78.5 Å². The molecule has 0 aliphatic carbocycles. The van der Waals surface area contributed by atoms with Gasteiger partial charge >= 0.3 is 6.18 Å². The van der Waals surface area contributed by atoms with Crippen LogP contribution in [-0.4, -0.2) is 28.7 Å². The third kappa shape index (κ3) is 4.92. The van der Waals surface area contributed by atoms with Crippen molar-refractivity contribution in [2.75, 3.05) is 0 Å². The molecular weight excluding hydrogens is 435 g/mol. The number of carbonyl (C=O) groups excluding carboxylic acids is 3. The summed E-state index contributed by atoms with van der Waals surface area (Å²) in [5.74, 6) is -0.540. The molecule has 1 fully saturated rings. The summed E-state index contributed by atoms with van der Waals surface area (Å²) in [5, 5.41) is 5.46. The number of rotatable bonds is 5. The Bertz CT molecular complexity index is 1130. The van der Waals surface area contributed by atoms with Crippen molar-refractivity contribution in [2.24, 2.45) is 0 Å². The van der Waals surface area contributed by atoms with Crippen LogP contribution in [0.5, 0.6) is 0 Å². The number of carbonyl (C=O) groups is 3. The Kier molecular flexibility index (Phi) is 5.97. The van der Waals surface area contributed by atoms with Crippen LogP contribution < -0.4 is 10.6 Å². The van der Waals surface area contributed by atoms with Gasteiger partial charge in [-0.25, -0.2) is 0 Å². The number of halogens is 3. The number of hydrogen-bond acceptors (Lipinski definition) is 3. The highest BCUT2D eigenvalue weighted by atomic mass is 19.4. The van der Waals surface area contributed by atoms with E-state index in [1.807, 2.05) is 6.07 Å². The molecule has 2 aliphatic rings. The van der Waals surface area contributed by atoms with Crippen molar-refractivity contribution < 1.29 is 27.6 Å². The van der Waals surface area contributed by atoms with E-state index in [9.17, 15) is 27.6 Å². The average Bonchev–Trinajstić information content (AvgIpc) is 3.07. The second kappa shape index (κ2) is 8.73. The summed E-state index contributed by atoms with van der Waals surface area (Å²) in [7, 11) is 0. The Labute approximate surface area is 188 Å². The van der Waals surface area contributed by atoms with E-state index in [1.54, 1.807) is 17.0 Å². The second-order valence-corrected chi connectivity index (χ2v) is 8.20. The van der Waals surface area contributed by atoms with Crippen molar-refractivity contribution in [3.8, 4) is 0 Å². The van der Waals surface area contributed by atoms with Gasteiger partial charge in [-0.05, 0) is 41.3 Å². The first-order valence-electron chi connectivity index (χ1n) is 10.5. The second-order valence-electron chi connectivity index (χ2n) is 8.20. The minimum Gasteiger partial charge on any atom is -0.352 e. The third-order valence-corrected chi connectivity index (χ3v) is 5.86. The van der Waals surface area contributed by atoms with E-state index in [0.717, 1.165) is 23.3 Å². The van der Waals surface area contributed by atoms with E-state index >= 15 is 0 Å². The van der Waals surface area contributed by atoms with Crippen LogP contribution in [0, 0.1) is 0 Å². The van der Waals surface area contributed by atoms with Gasteiger partial charge in [-0.1, -0.05) is 30.8 Å². The number of benzene rings is 2. The van der Waals surface area contributed by atoms with E-state index in [-0.39, 0.29) is 36.7 Å². The summed E-state index contributed by atoms with van der Waals surface area (Å²) in [6, 6.07) is 9.58. The first-order valence-corrected chi connectivity index (χ1v) is 10.5. The summed E-state index contributed by atoms with van der Waals surface area (Å²) < 4.78 is 37.9. The van der Waals surface area contributed by atoms with Gasteiger partial charge in [0.15, 0.2) is 0 Å². The summed E-state index contributed by atoms with van der Waals surface area (Å²) in [5.41, 5.74) is 2.46. The van der Waals surface area contributed by atoms with Gasteiger partial charge in [-0.15, -0.1) is 0 Å². The van der Waals surface area contributed by atoms with Crippen LogP contribution in [-0.2, 0) is 35.3 Å². The summed E-state index contributed by atoms with van der Waals surface area (Å²) in [6.45, 7) is 4.50. The molecule has 172 valence electrons. The molecule has 0 spiro atoms. The monoisotopic (exact) mass is 457 g/mol. The van der Waals surface area contributed by atoms with Crippen LogP contribution in [0.3, 0.4) is 0 Å². The van der Waals surface area contributed by atoms with Crippen LogP contribution in [0.4, 0.5) is 13.2 Å². The molecule has 0 aromatic heterocycles. The van der Waals surface area contributed by atoms with Crippen LogP contribution in [0.2, 0.25) is 0 Å². The predicted octanol–water partition coefficient (Wildman–Crippen LogP) is 3.31. The Balaban J connectivity index is 1.35. The maximum Gasteiger partial charge on any atom is 0.416 e. The normalized spacial score (nSPS) is 18.2. The first kappa shape index (κ1) is 22.6. The average molecular weight is 457 g/mol. The van der Waals surface area contributed by atoms with E-state index in [2.05, 4.69) is 17.2 Å². The minimum atomic E-state index is -4.41. The standard InChI is InChI=1S/C24H22F3N3O3/c1-14-20(8-9-21(31)29-14)30-13-17-10-16(4-7-19(17)23(30)33)12-28-22(32)11-15-2-5-18(6-3-15)24(25,26)27/h2-7,10,20H,1,8-9,11-13H2,(H,28,32)(H,29,31). The molecule has 9 heteroatoms. The lowest BCUT2D eigenvalue weighted by molar-refractivity contribution is -0.137. The molecule has 3 amide bonds. The highest BCUT2D eigenvalue weighted by molar-refractivity contribution is 5.99. The van der Waals surface area contributed by atoms with Crippen molar-refractivity contribution in [2.45, 2.75) is 44.6 Å². The van der Waals surface area contributed by atoms with Crippen LogP contribution >= 0.6 is 0 Å². The fraction of sp³-hybridized carbons (Fsp3) is 0.292. The lowest BCUT2D eigenvalue weighted by Gasteiger charge is -2.32. The largest absolute Gasteiger partial charge is 0.416 e. The van der Waals surface area contributed by atoms with Gasteiger partial charge in [0.1, 0.15) is 0 Å². The molecule has 0 saturated carbocycles. The maximum absolute atomic E-state index is 12.8. The van der Waals surface area contributed by atoms with E-state index < -0.39 is 11.7 Å². The van der Waals surface area contributed by atoms with Crippen molar-refractivity contribution >= 4 is 17.7 Å². The molecule has 1 unspecified atom stereocenters. The minimum absolute atomic E-state index is 0.0369. The predicted molar refractivity (Wildman–Crippen MR) is 114 cm³/mol. The first-order chi connectivity index (χ1) is 15.6. The van der Waals surface area contributed by atoms with Gasteiger partial charge in [-0.3, -0.25) is 14.4 Å². The molecule has 4 rings (SSSR count). The number of nitrogens with one attached hydrogen (secondary N) is 2. The number of hydrogen-bond donors (Lipinski definition) is 2. The maximum atomic E-state index is 12.8. The molecule has 1 atom stereocenters. The SMILES string of the molecule is C=C1NC(=O)CCC1N1Cc2cc(CNC(=O)Cc3ccc(C(F)(F)F)cc3)ccc2C1=O. The molecule has 0 radical (unpaired) electrons. The fourth-order valence-electron chi connectivity index (χ4n) is 4.13. The number of alkyl halides is 3. The van der Waals surface area contributed by atoms with Crippen LogP contribution in [0.1, 0.15) is 45.5 Å². The van der Waals surface area contributed by atoms with Crippen LogP contribution in [0.25, 0.3) is 0 Å². The molecule has 33 heavy (non-hydrogen) atoms. The summed E-state index contributed by atoms with van der Waals surface area (Å²) >= 11 is 0. The highest BCUT2D eigenvalue weighted by Gasteiger charge is 2.36. The quantitative estimate of drug-likeness (QED) is 0.723. The van der Waals surface area contributed by atoms with Gasteiger partial charge in [0.05, 0.1) is 18.0 Å². The zero-order chi connectivity index (χ0) is 23.8. The van der Waals surface area contributed by atoms with Gasteiger partial charge in [0.2, 0.25) is 11.8 Å². The van der Waals surface area contributed by atoms with E-state index in [0.29, 0.717) is 36.2 Å². The zero-order valence-electron chi connectivity index (χ0n) is 17.7. The molecule has 2 aromatic rings. The lowest BCUT2D eigenvalue weighted by atomic mass is 10.0. The number of fused-ring (bicyclic) bond motifs is 1. The Morgan fingerprint density at radius 2 is 1.82 bits per heavy atom. The highest BCUT2D eigenvalue weighted by Crippen LogP contribution is 2.31. The molecule has 2 aliphatic heterocycles. The molecule has 2 N–H and O–H groups in total. The van der Waals surface area contributed by atoms with Gasteiger partial charge < -0.3 is 15.5 Å². The number of nitrogens with zero attached hydrogens (tertiary/aromatic N) is 1. The van der Waals surface area contributed by atoms with Crippen LogP contribution in [0.15, 0.2) is 54.7 Å². The molecule has 2 aromatic carbocycles. The van der Waals surface area contributed by atoms with E-state index in [1.165, 1.54) is 12.1 Å². The lowest BCUT2D eigenvalue weighted by Crippen LogP contribution is -2.45. The van der Waals surface area contributed by atoms with Gasteiger partial charge in [0.25, 0.3) is 5.91 Å². The van der Waals surface area contributed by atoms with E-state index in [4.69, 9.17) is 0 Å². The van der Waals surface area contributed by atoms with Crippen molar-refractivity contribution in [1.29, 1.82) is 0 Å². The Morgan fingerprint density at radius 1 is 1.12 bits per heavy atom. The molecule has 6 nitrogen and oxygen atoms in total. The van der Waals surface area contributed by atoms with Gasteiger partial charge in [-0.2, -0.15) is 13.2 Å². The molecule has 0 bridgehead atoms. The van der Waals surface area contributed by atoms with Gasteiger partial charge in [0, 0.05) is 30.8 Å². The summed E-state index contributed by atoms with van der Waals surface area (Å²) in [6.07, 6.45) is -3.59. The van der Waals surface area contributed by atoms with Crippen molar-refractivity contribution in [3.63, 3.8) is 0 Å². The third-order valence-electron chi connectivity index (χ3n) is 5.86. The molecule has 2 heterocycles. The fourth-order valence-corrected chi connectivity index (χ4v) is 4.13. The Morgan fingerprint density at radius 3 is 2.48 bits per heavy atom. The Hall–Kier alpha value is -3.62. The summed E-state index contributed by atoms with van der Waals surface area (Å²) in [4.78, 5) is 38.3. The zero-order valence-corrected chi connectivity index (χ0v) is 17.7. The van der Waals surface area contributed by atoms with Crippen molar-refractivity contribution in [1.82, 2.24) is 15.5 Å². The van der Waals surface area contributed by atoms with Crippen molar-refractivity contribution in [3.05, 3.63) is 82.6 Å². The molecular formula is C24H22F3N3O3. The molecule has 1 saturated heterocycles.